The van der Waals surface area contributed by atoms with Gasteiger partial charge in [0.05, 0.1) is 25.1 Å². The molecule has 1 aliphatic rings. The number of nitrogens with zero attached hydrogens (tertiary/aromatic N) is 4. The quantitative estimate of drug-likeness (QED) is 0.577. The van der Waals surface area contributed by atoms with E-state index < -0.39 is 23.7 Å². The van der Waals surface area contributed by atoms with E-state index in [1.165, 1.54) is 12.7 Å². The van der Waals surface area contributed by atoms with Gasteiger partial charge >= 0.3 is 0 Å². The molecule has 1 saturated carbocycles. The SMILES string of the molecule is C[C@@H]1[C@@H](n2cnc3c(N)ncnc32)[C@@H](O)[C@@H](O)[C@@]1(C)CO. The van der Waals surface area contributed by atoms with Gasteiger partial charge in [-0.05, 0) is 5.92 Å². The van der Waals surface area contributed by atoms with Crippen LogP contribution in [-0.2, 0) is 0 Å². The summed E-state index contributed by atoms with van der Waals surface area (Å²) in [7, 11) is 0. The highest BCUT2D eigenvalue weighted by Crippen LogP contribution is 2.49. The number of imidazole rings is 1. The van der Waals surface area contributed by atoms with Crippen molar-refractivity contribution in [1.82, 2.24) is 19.5 Å². The van der Waals surface area contributed by atoms with Crippen LogP contribution in [0.25, 0.3) is 11.2 Å². The Balaban J connectivity index is 2.13. The summed E-state index contributed by atoms with van der Waals surface area (Å²) in [5, 5.41) is 30.3. The zero-order valence-corrected chi connectivity index (χ0v) is 11.9. The lowest BCUT2D eigenvalue weighted by Crippen LogP contribution is -2.38. The van der Waals surface area contributed by atoms with Crippen LogP contribution in [0.15, 0.2) is 12.7 Å². The van der Waals surface area contributed by atoms with Crippen molar-refractivity contribution >= 4 is 17.0 Å². The van der Waals surface area contributed by atoms with E-state index in [1.54, 1.807) is 11.5 Å². The zero-order chi connectivity index (χ0) is 15.4. The van der Waals surface area contributed by atoms with Crippen LogP contribution in [0, 0.1) is 11.3 Å². The Kier molecular flexibility index (Phi) is 3.12. The van der Waals surface area contributed by atoms with Gasteiger partial charge in [0.25, 0.3) is 0 Å². The van der Waals surface area contributed by atoms with Gasteiger partial charge in [-0.25, -0.2) is 15.0 Å². The topological polar surface area (TPSA) is 130 Å². The van der Waals surface area contributed by atoms with Crippen molar-refractivity contribution in [3.63, 3.8) is 0 Å². The van der Waals surface area contributed by atoms with E-state index in [0.29, 0.717) is 11.2 Å². The third-order valence-electron chi connectivity index (χ3n) is 4.95. The van der Waals surface area contributed by atoms with Gasteiger partial charge in [-0.2, -0.15) is 0 Å². The second kappa shape index (κ2) is 4.62. The summed E-state index contributed by atoms with van der Waals surface area (Å²) in [5.41, 5.74) is 5.94. The number of hydrogen-bond donors (Lipinski definition) is 4. The van der Waals surface area contributed by atoms with Crippen LogP contribution in [0.5, 0.6) is 0 Å². The average Bonchev–Trinajstić information content (AvgIpc) is 2.96. The minimum Gasteiger partial charge on any atom is -0.396 e. The Morgan fingerprint density at radius 1 is 1.33 bits per heavy atom. The van der Waals surface area contributed by atoms with E-state index >= 15 is 0 Å². The summed E-state index contributed by atoms with van der Waals surface area (Å²) in [4.78, 5) is 12.2. The van der Waals surface area contributed by atoms with Crippen molar-refractivity contribution in [2.24, 2.45) is 11.3 Å². The summed E-state index contributed by atoms with van der Waals surface area (Å²) >= 11 is 0. The lowest BCUT2D eigenvalue weighted by molar-refractivity contribution is -0.0470. The second-order valence-electron chi connectivity index (χ2n) is 5.96. The van der Waals surface area contributed by atoms with Gasteiger partial charge in [0.2, 0.25) is 0 Å². The first-order valence-corrected chi connectivity index (χ1v) is 6.81. The Morgan fingerprint density at radius 2 is 2.05 bits per heavy atom. The van der Waals surface area contributed by atoms with Crippen molar-refractivity contribution in [2.75, 3.05) is 12.3 Å². The predicted octanol–water partition coefficient (Wildman–Crippen LogP) is -0.680. The Morgan fingerprint density at radius 3 is 2.67 bits per heavy atom. The number of rotatable bonds is 2. The molecule has 3 rings (SSSR count). The maximum atomic E-state index is 10.4. The monoisotopic (exact) mass is 293 g/mol. The molecule has 114 valence electrons. The predicted molar refractivity (Wildman–Crippen MR) is 75.1 cm³/mol. The molecule has 0 amide bonds. The average molecular weight is 293 g/mol. The molecule has 0 aromatic carbocycles. The fourth-order valence-corrected chi connectivity index (χ4v) is 3.26. The highest BCUT2D eigenvalue weighted by atomic mass is 16.3. The van der Waals surface area contributed by atoms with Gasteiger partial charge in [0, 0.05) is 5.41 Å². The Hall–Kier alpha value is -1.77. The molecule has 2 aromatic heterocycles. The Labute approximate surface area is 121 Å². The molecule has 5 N–H and O–H groups in total. The van der Waals surface area contributed by atoms with Crippen LogP contribution in [0.1, 0.15) is 19.9 Å². The van der Waals surface area contributed by atoms with Crippen LogP contribution < -0.4 is 5.73 Å². The third kappa shape index (κ3) is 1.76. The molecule has 21 heavy (non-hydrogen) atoms. The van der Waals surface area contributed by atoms with E-state index in [2.05, 4.69) is 15.0 Å². The lowest BCUT2D eigenvalue weighted by Gasteiger charge is -2.31. The first kappa shape index (κ1) is 14.2. The van der Waals surface area contributed by atoms with Gasteiger partial charge in [0.1, 0.15) is 17.9 Å². The maximum Gasteiger partial charge on any atom is 0.165 e. The van der Waals surface area contributed by atoms with Crippen molar-refractivity contribution in [2.45, 2.75) is 32.1 Å². The largest absolute Gasteiger partial charge is 0.396 e. The lowest BCUT2D eigenvalue weighted by atomic mass is 9.79. The molecule has 0 saturated heterocycles. The number of nitrogens with two attached hydrogens (primary N) is 1. The standard InChI is InChI=1S/C13H19N5O3/c1-6-8(9(20)10(21)13(6,2)3-19)18-5-17-7-11(14)15-4-16-12(7)18/h4-6,8-10,19-21H,3H2,1-2H3,(H2,14,15,16)/t6-,8-,9-,10-,13+/m1/s1. The Bertz CT molecular complexity index is 675. The maximum absolute atomic E-state index is 10.4. The molecule has 8 nitrogen and oxygen atoms in total. The fourth-order valence-electron chi connectivity index (χ4n) is 3.26. The number of anilines is 1. The summed E-state index contributed by atoms with van der Waals surface area (Å²) in [6.45, 7) is 3.43. The first-order valence-electron chi connectivity index (χ1n) is 6.81. The van der Waals surface area contributed by atoms with Crippen LogP contribution in [-0.4, -0.2) is 53.7 Å². The van der Waals surface area contributed by atoms with Crippen LogP contribution >= 0.6 is 0 Å². The molecule has 1 aliphatic carbocycles. The summed E-state index contributed by atoms with van der Waals surface area (Å²) < 4.78 is 1.70. The van der Waals surface area contributed by atoms with Gasteiger partial charge in [-0.1, -0.05) is 13.8 Å². The normalized spacial score (nSPS) is 36.4. The van der Waals surface area contributed by atoms with E-state index in [9.17, 15) is 15.3 Å². The molecule has 2 heterocycles. The number of aliphatic hydroxyl groups excluding tert-OH is 3. The van der Waals surface area contributed by atoms with Crippen molar-refractivity contribution in [1.29, 1.82) is 0 Å². The van der Waals surface area contributed by atoms with Gasteiger partial charge in [0.15, 0.2) is 11.5 Å². The molecular formula is C13H19N5O3. The highest BCUT2D eigenvalue weighted by Gasteiger charge is 2.55. The van der Waals surface area contributed by atoms with Crippen molar-refractivity contribution < 1.29 is 15.3 Å². The molecule has 8 heteroatoms. The number of nitrogen functional groups attached to an aromatic ring is 1. The summed E-state index contributed by atoms with van der Waals surface area (Å²) in [6.07, 6.45) is 0.823. The molecule has 0 unspecified atom stereocenters. The zero-order valence-electron chi connectivity index (χ0n) is 11.9. The number of aliphatic hydroxyl groups is 3. The van der Waals surface area contributed by atoms with E-state index in [-0.39, 0.29) is 18.3 Å². The molecular weight excluding hydrogens is 274 g/mol. The molecule has 0 spiro atoms. The number of fused-ring (bicyclic) bond motifs is 1. The highest BCUT2D eigenvalue weighted by molar-refractivity contribution is 5.81. The molecule has 1 fully saturated rings. The molecule has 0 bridgehead atoms. The molecule has 5 atom stereocenters. The third-order valence-corrected chi connectivity index (χ3v) is 4.95. The molecule has 0 radical (unpaired) electrons. The fraction of sp³-hybridized carbons (Fsp3) is 0.615. The van der Waals surface area contributed by atoms with E-state index in [0.717, 1.165) is 0 Å². The minimum atomic E-state index is -1.03. The summed E-state index contributed by atoms with van der Waals surface area (Å²) in [5.74, 6) is 0.0884. The van der Waals surface area contributed by atoms with Crippen LogP contribution in [0.3, 0.4) is 0 Å². The van der Waals surface area contributed by atoms with E-state index in [1.807, 2.05) is 6.92 Å². The molecule has 2 aromatic rings. The van der Waals surface area contributed by atoms with Gasteiger partial charge in [-0.15, -0.1) is 0 Å². The minimum absolute atomic E-state index is 0.180. The van der Waals surface area contributed by atoms with Crippen molar-refractivity contribution in [3.8, 4) is 0 Å². The van der Waals surface area contributed by atoms with Gasteiger partial charge < -0.3 is 25.6 Å². The van der Waals surface area contributed by atoms with Gasteiger partial charge in [-0.3, -0.25) is 0 Å². The number of hydrogen-bond acceptors (Lipinski definition) is 7. The van der Waals surface area contributed by atoms with Crippen LogP contribution in [0.4, 0.5) is 5.82 Å². The van der Waals surface area contributed by atoms with E-state index in [4.69, 9.17) is 5.73 Å². The smallest absolute Gasteiger partial charge is 0.165 e. The van der Waals surface area contributed by atoms with Crippen molar-refractivity contribution in [3.05, 3.63) is 12.7 Å². The second-order valence-corrected chi connectivity index (χ2v) is 5.96. The molecule has 0 aliphatic heterocycles. The first-order chi connectivity index (χ1) is 9.91. The number of aromatic nitrogens is 4. The van der Waals surface area contributed by atoms with Crippen LogP contribution in [0.2, 0.25) is 0 Å². The summed E-state index contributed by atoms with van der Waals surface area (Å²) in [6, 6.07) is -0.448.